The van der Waals surface area contributed by atoms with E-state index in [0.29, 0.717) is 0 Å². The molecule has 0 unspecified atom stereocenters. The molecule has 0 heterocycles. The molecule has 18 heavy (non-hydrogen) atoms. The third kappa shape index (κ3) is 1490. The van der Waals surface area contributed by atoms with Gasteiger partial charge in [-0.25, -0.2) is 0 Å². The normalized spacial score (nSPS) is 4.00. The first-order valence-corrected chi connectivity index (χ1v) is 1.64. The summed E-state index contributed by atoms with van der Waals surface area (Å²) in [6.45, 7) is 0. The molecule has 0 atom stereocenters. The SMILES string of the molecule is O.O.O.O.O.O=[N+]([O-])[O-].O=[N+]([O-])[O-].O=[N+]([O-])[O-].[Er+3]. The molecule has 1 radical (unpaired) electrons. The molecule has 0 saturated carbocycles. The van der Waals surface area contributed by atoms with Crippen LogP contribution in [0.2, 0.25) is 0 Å². The fourth-order valence-corrected chi connectivity index (χ4v) is 0. The molecule has 0 fully saturated rings. The van der Waals surface area contributed by atoms with Gasteiger partial charge in [-0.1, -0.05) is 0 Å². The monoisotopic (exact) mass is 442 g/mol. The molecule has 0 spiro atoms. The van der Waals surface area contributed by atoms with Gasteiger partial charge in [-0.2, -0.15) is 0 Å². The Bertz CT molecular complexity index is 115. The third-order valence-corrected chi connectivity index (χ3v) is 0. The van der Waals surface area contributed by atoms with Crippen molar-refractivity contribution in [1.82, 2.24) is 0 Å². The van der Waals surface area contributed by atoms with Crippen LogP contribution in [0.1, 0.15) is 0 Å². The molecule has 0 bridgehead atoms. The molecule has 0 aliphatic carbocycles. The van der Waals surface area contributed by atoms with Crippen LogP contribution in [-0.4, -0.2) is 42.6 Å². The molecule has 0 saturated heterocycles. The summed E-state index contributed by atoms with van der Waals surface area (Å²) < 4.78 is 0. The molecular formula is H10ErN3O14. The average molecular weight is 443 g/mol. The predicted octanol–water partition coefficient (Wildman–Crippen LogP) is -4.84. The van der Waals surface area contributed by atoms with Crippen molar-refractivity contribution in [3.63, 3.8) is 0 Å². The van der Waals surface area contributed by atoms with Crippen LogP contribution >= 0.6 is 0 Å². The van der Waals surface area contributed by atoms with Crippen LogP contribution in [0, 0.1) is 83.3 Å². The first-order valence-electron chi connectivity index (χ1n) is 1.64. The Hall–Kier alpha value is -1.35. The zero-order valence-electron chi connectivity index (χ0n) is 7.80. The van der Waals surface area contributed by atoms with Gasteiger partial charge >= 0.3 is 37.3 Å². The van der Waals surface area contributed by atoms with Gasteiger partial charge in [-0.05, 0) is 0 Å². The Morgan fingerprint density at radius 3 is 0.444 bits per heavy atom. The molecular weight excluding hydrogens is 433 g/mol. The van der Waals surface area contributed by atoms with Crippen molar-refractivity contribution in [1.29, 1.82) is 0 Å². The van der Waals surface area contributed by atoms with Crippen molar-refractivity contribution in [2.75, 3.05) is 0 Å². The van der Waals surface area contributed by atoms with Gasteiger partial charge in [0.15, 0.2) is 0 Å². The number of nitrogens with zero attached hydrogens (tertiary/aromatic N) is 3. The zero-order valence-corrected chi connectivity index (χ0v) is 9.66. The van der Waals surface area contributed by atoms with Crippen molar-refractivity contribution >= 4 is 0 Å². The summed E-state index contributed by atoms with van der Waals surface area (Å²) in [5, 5.41) is 44.2. The predicted molar refractivity (Wildman–Crippen MR) is 49.2 cm³/mol. The van der Waals surface area contributed by atoms with Crippen LogP contribution in [0.25, 0.3) is 0 Å². The van der Waals surface area contributed by atoms with Gasteiger partial charge in [0.1, 0.15) is 0 Å². The molecule has 0 aromatic rings. The Labute approximate surface area is 126 Å². The quantitative estimate of drug-likeness (QED) is 0.255. The molecule has 0 aliphatic rings. The van der Waals surface area contributed by atoms with Gasteiger partial charge in [0.25, 0.3) is 0 Å². The summed E-state index contributed by atoms with van der Waals surface area (Å²) in [5.41, 5.74) is 0. The fraction of sp³-hybridized carbons (Fsp3) is 0. The molecule has 0 aromatic carbocycles. The van der Waals surface area contributed by atoms with Crippen LogP contribution in [0.3, 0.4) is 0 Å². The minimum atomic E-state index is -1.75. The van der Waals surface area contributed by atoms with E-state index in [0.717, 1.165) is 0 Å². The summed E-state index contributed by atoms with van der Waals surface area (Å²) in [5.74, 6) is 0. The smallest absolute Gasteiger partial charge is 0.412 e. The van der Waals surface area contributed by atoms with Crippen molar-refractivity contribution in [3.05, 3.63) is 46.0 Å². The van der Waals surface area contributed by atoms with Gasteiger partial charge in [-0.3, -0.25) is 0 Å². The fourth-order valence-electron chi connectivity index (χ4n) is 0. The maximum atomic E-state index is 8.25. The van der Waals surface area contributed by atoms with Crippen LogP contribution < -0.4 is 0 Å². The van der Waals surface area contributed by atoms with Crippen molar-refractivity contribution in [3.8, 4) is 0 Å². The first-order chi connectivity index (χ1) is 5.20. The largest absolute Gasteiger partial charge is 3.00 e. The second kappa shape index (κ2) is 57.4. The van der Waals surface area contributed by atoms with E-state index < -0.39 is 15.3 Å². The molecule has 0 aliphatic heterocycles. The third-order valence-electron chi connectivity index (χ3n) is 0. The Morgan fingerprint density at radius 2 is 0.444 bits per heavy atom. The Kier molecular flexibility index (Phi) is 222. The van der Waals surface area contributed by atoms with Crippen molar-refractivity contribution < 1.29 is 79.9 Å². The van der Waals surface area contributed by atoms with E-state index in [2.05, 4.69) is 0 Å². The van der Waals surface area contributed by atoms with Crippen molar-refractivity contribution in [2.45, 2.75) is 0 Å². The second-order valence-electron chi connectivity index (χ2n) is 0.671. The number of hydrogen-bond acceptors (Lipinski definition) is 9. The molecule has 18 heteroatoms. The zero-order chi connectivity index (χ0) is 10.7. The number of rotatable bonds is 0. The number of hydrogen-bond donors (Lipinski definition) is 0. The molecule has 121 valence electrons. The van der Waals surface area contributed by atoms with E-state index in [4.69, 9.17) is 46.0 Å². The summed E-state index contributed by atoms with van der Waals surface area (Å²) in [7, 11) is 0. The first kappa shape index (κ1) is 69.7. The maximum Gasteiger partial charge on any atom is 3.00 e. The minimum Gasteiger partial charge on any atom is -0.412 e. The Balaban J connectivity index is -0.00000000827. The molecule has 0 amide bonds. The summed E-state index contributed by atoms with van der Waals surface area (Å²) >= 11 is 0. The van der Waals surface area contributed by atoms with E-state index in [1.807, 2.05) is 0 Å². The van der Waals surface area contributed by atoms with Crippen LogP contribution in [0.15, 0.2) is 0 Å². The van der Waals surface area contributed by atoms with E-state index in [1.165, 1.54) is 0 Å². The van der Waals surface area contributed by atoms with E-state index in [1.54, 1.807) is 0 Å². The van der Waals surface area contributed by atoms with E-state index in [9.17, 15) is 0 Å². The van der Waals surface area contributed by atoms with Crippen LogP contribution in [0.5, 0.6) is 0 Å². The summed E-state index contributed by atoms with van der Waals surface area (Å²) in [6.07, 6.45) is 0. The Morgan fingerprint density at radius 1 is 0.444 bits per heavy atom. The van der Waals surface area contributed by atoms with Crippen LogP contribution in [-0.2, 0) is 0 Å². The standard InChI is InChI=1S/Er.3NO3.5H2O/c;3*2-1(3)4;;;;;/h;;;;5*1H2/q+3;3*-1;;;;;. The second-order valence-corrected chi connectivity index (χ2v) is 0.671. The average Bonchev–Trinajstić information content (AvgIpc) is 1.54. The molecule has 0 aromatic heterocycles. The van der Waals surface area contributed by atoms with E-state index >= 15 is 0 Å². The van der Waals surface area contributed by atoms with Gasteiger partial charge in [0.05, 0.1) is 15.3 Å². The topological polar surface area (TPSA) is 356 Å². The van der Waals surface area contributed by atoms with E-state index in [-0.39, 0.29) is 64.7 Å². The molecule has 10 N–H and O–H groups in total. The van der Waals surface area contributed by atoms with Gasteiger partial charge < -0.3 is 73.3 Å². The van der Waals surface area contributed by atoms with Crippen molar-refractivity contribution in [2.24, 2.45) is 0 Å². The summed E-state index contributed by atoms with van der Waals surface area (Å²) in [4.78, 5) is 24.8. The maximum absolute atomic E-state index is 8.25. The summed E-state index contributed by atoms with van der Waals surface area (Å²) in [6, 6.07) is 0. The van der Waals surface area contributed by atoms with Gasteiger partial charge in [-0.15, -0.1) is 0 Å². The van der Waals surface area contributed by atoms with Crippen LogP contribution in [0.4, 0.5) is 0 Å². The van der Waals surface area contributed by atoms with Gasteiger partial charge in [0, 0.05) is 0 Å². The minimum absolute atomic E-state index is 0. The molecule has 17 nitrogen and oxygen atoms in total. The van der Waals surface area contributed by atoms with Gasteiger partial charge in [0.2, 0.25) is 0 Å². The molecule has 0 rings (SSSR count).